The molecule has 0 N–H and O–H groups in total. The number of hydrogen-bond donors (Lipinski definition) is 0. The van der Waals surface area contributed by atoms with Gasteiger partial charge in [-0.3, -0.25) is 9.69 Å². The molecule has 1 aliphatic heterocycles. The molecule has 0 atom stereocenters. The van der Waals surface area contributed by atoms with E-state index in [1.807, 2.05) is 74.5 Å². The molecule has 122 valence electrons. The van der Waals surface area contributed by atoms with Crippen LogP contribution in [0.2, 0.25) is 5.02 Å². The number of thioether (sulfide) groups is 1. The third-order valence-electron chi connectivity index (χ3n) is 3.50. The molecule has 2 aromatic carbocycles. The summed E-state index contributed by atoms with van der Waals surface area (Å²) in [6, 6.07) is 17.1. The van der Waals surface area contributed by atoms with Gasteiger partial charge in [0.1, 0.15) is 0 Å². The second kappa shape index (κ2) is 7.24. The molecule has 0 saturated carbocycles. The SMILES string of the molecule is CC(C)N1C(=O)/C(=C\c2ccc(Cl)cc2)SC1=Nc1ccccc1. The summed E-state index contributed by atoms with van der Waals surface area (Å²) in [4.78, 5) is 19.8. The van der Waals surface area contributed by atoms with Gasteiger partial charge >= 0.3 is 0 Å². The van der Waals surface area contributed by atoms with Crippen molar-refractivity contribution < 1.29 is 4.79 Å². The van der Waals surface area contributed by atoms with E-state index in [-0.39, 0.29) is 11.9 Å². The molecule has 5 heteroatoms. The number of carbonyl (C=O) groups is 1. The van der Waals surface area contributed by atoms with Crippen molar-refractivity contribution in [1.82, 2.24) is 4.90 Å². The summed E-state index contributed by atoms with van der Waals surface area (Å²) in [5.74, 6) is -0.0142. The number of carbonyl (C=O) groups excluding carboxylic acids is 1. The van der Waals surface area contributed by atoms with Gasteiger partial charge in [-0.1, -0.05) is 41.9 Å². The summed E-state index contributed by atoms with van der Waals surface area (Å²) in [5.41, 5.74) is 1.78. The lowest BCUT2D eigenvalue weighted by Crippen LogP contribution is -2.35. The number of amidine groups is 1. The molecule has 0 radical (unpaired) electrons. The van der Waals surface area contributed by atoms with E-state index in [2.05, 4.69) is 4.99 Å². The summed E-state index contributed by atoms with van der Waals surface area (Å²) in [5, 5.41) is 1.39. The minimum absolute atomic E-state index is 0.0142. The summed E-state index contributed by atoms with van der Waals surface area (Å²) in [6.07, 6.45) is 1.88. The molecule has 1 aliphatic rings. The number of amides is 1. The third-order valence-corrected chi connectivity index (χ3v) is 4.74. The van der Waals surface area contributed by atoms with Crippen molar-refractivity contribution >= 4 is 46.2 Å². The van der Waals surface area contributed by atoms with Crippen molar-refractivity contribution in [1.29, 1.82) is 0 Å². The second-order valence-corrected chi connectivity index (χ2v) is 7.11. The number of nitrogens with zero attached hydrogens (tertiary/aromatic N) is 2. The molecule has 1 fully saturated rings. The maximum Gasteiger partial charge on any atom is 0.266 e. The molecule has 1 amide bonds. The molecule has 1 saturated heterocycles. The number of halogens is 1. The Hall–Kier alpha value is -2.04. The van der Waals surface area contributed by atoms with E-state index in [1.54, 1.807) is 4.90 Å². The van der Waals surface area contributed by atoms with Crippen molar-refractivity contribution in [3.63, 3.8) is 0 Å². The first-order valence-electron chi connectivity index (χ1n) is 7.67. The van der Waals surface area contributed by atoms with Crippen molar-refractivity contribution in [2.45, 2.75) is 19.9 Å². The van der Waals surface area contributed by atoms with Crippen LogP contribution in [0.15, 0.2) is 64.5 Å². The fourth-order valence-corrected chi connectivity index (χ4v) is 3.59. The zero-order valence-corrected chi connectivity index (χ0v) is 15.0. The van der Waals surface area contributed by atoms with Crippen LogP contribution in [-0.2, 0) is 4.79 Å². The topological polar surface area (TPSA) is 32.7 Å². The number of para-hydroxylation sites is 1. The van der Waals surface area contributed by atoms with Crippen molar-refractivity contribution in [2.75, 3.05) is 0 Å². The Bertz CT molecular complexity index is 798. The van der Waals surface area contributed by atoms with Crippen molar-refractivity contribution in [2.24, 2.45) is 4.99 Å². The molecule has 3 rings (SSSR count). The van der Waals surface area contributed by atoms with E-state index < -0.39 is 0 Å². The largest absolute Gasteiger partial charge is 0.284 e. The molecule has 0 aliphatic carbocycles. The fraction of sp³-hybridized carbons (Fsp3) is 0.158. The molecule has 24 heavy (non-hydrogen) atoms. The molecular weight excluding hydrogens is 340 g/mol. The Balaban J connectivity index is 1.95. The minimum Gasteiger partial charge on any atom is -0.284 e. The number of hydrogen-bond acceptors (Lipinski definition) is 3. The van der Waals surface area contributed by atoms with Crippen LogP contribution in [-0.4, -0.2) is 22.0 Å². The lowest BCUT2D eigenvalue weighted by Gasteiger charge is -2.19. The van der Waals surface area contributed by atoms with Crippen LogP contribution in [0.3, 0.4) is 0 Å². The highest BCUT2D eigenvalue weighted by molar-refractivity contribution is 8.18. The Morgan fingerprint density at radius 1 is 1.08 bits per heavy atom. The zero-order chi connectivity index (χ0) is 17.1. The van der Waals surface area contributed by atoms with Gasteiger partial charge in [-0.15, -0.1) is 0 Å². The number of rotatable bonds is 3. The monoisotopic (exact) mass is 356 g/mol. The quantitative estimate of drug-likeness (QED) is 0.694. The fourth-order valence-electron chi connectivity index (χ4n) is 2.34. The zero-order valence-electron chi connectivity index (χ0n) is 13.4. The highest BCUT2D eigenvalue weighted by Crippen LogP contribution is 2.35. The predicted molar refractivity (Wildman–Crippen MR) is 103 cm³/mol. The van der Waals surface area contributed by atoms with Gasteiger partial charge in [0.2, 0.25) is 0 Å². The van der Waals surface area contributed by atoms with E-state index >= 15 is 0 Å². The first-order chi connectivity index (χ1) is 11.5. The minimum atomic E-state index is -0.0142. The van der Waals surface area contributed by atoms with Gasteiger partial charge in [0.15, 0.2) is 5.17 Å². The van der Waals surface area contributed by atoms with Gasteiger partial charge in [-0.25, -0.2) is 4.99 Å². The van der Waals surface area contributed by atoms with Gasteiger partial charge in [0, 0.05) is 11.1 Å². The average molecular weight is 357 g/mol. The molecule has 0 spiro atoms. The Morgan fingerprint density at radius 2 is 1.75 bits per heavy atom. The normalized spacial score (nSPS) is 18.2. The number of aliphatic imine (C=N–C) groups is 1. The van der Waals surface area contributed by atoms with E-state index in [9.17, 15) is 4.79 Å². The Morgan fingerprint density at radius 3 is 2.38 bits per heavy atom. The molecule has 1 heterocycles. The highest BCUT2D eigenvalue weighted by Gasteiger charge is 2.35. The lowest BCUT2D eigenvalue weighted by atomic mass is 10.2. The van der Waals surface area contributed by atoms with E-state index in [1.165, 1.54) is 11.8 Å². The van der Waals surface area contributed by atoms with Crippen LogP contribution in [0.5, 0.6) is 0 Å². The second-order valence-electron chi connectivity index (χ2n) is 5.66. The third kappa shape index (κ3) is 3.71. The Labute approximate surface area is 151 Å². The summed E-state index contributed by atoms with van der Waals surface area (Å²) in [7, 11) is 0. The van der Waals surface area contributed by atoms with Crippen LogP contribution in [0.1, 0.15) is 19.4 Å². The van der Waals surface area contributed by atoms with Gasteiger partial charge in [0.05, 0.1) is 10.6 Å². The number of benzene rings is 2. The van der Waals surface area contributed by atoms with Crippen LogP contribution in [0, 0.1) is 0 Å². The van der Waals surface area contributed by atoms with Gasteiger partial charge in [0.25, 0.3) is 5.91 Å². The summed E-state index contributed by atoms with van der Waals surface area (Å²) >= 11 is 7.32. The van der Waals surface area contributed by atoms with Gasteiger partial charge in [-0.05, 0) is 61.5 Å². The van der Waals surface area contributed by atoms with E-state index in [4.69, 9.17) is 11.6 Å². The van der Waals surface area contributed by atoms with Crippen molar-refractivity contribution in [3.8, 4) is 0 Å². The molecule has 0 bridgehead atoms. The van der Waals surface area contributed by atoms with Gasteiger partial charge in [-0.2, -0.15) is 0 Å². The molecule has 0 aromatic heterocycles. The van der Waals surface area contributed by atoms with Crippen LogP contribution >= 0.6 is 23.4 Å². The Kier molecular flexibility index (Phi) is 5.07. The molecule has 2 aromatic rings. The molecule has 3 nitrogen and oxygen atoms in total. The van der Waals surface area contributed by atoms with Gasteiger partial charge < -0.3 is 0 Å². The molecular formula is C19H17ClN2OS. The first-order valence-corrected chi connectivity index (χ1v) is 8.86. The van der Waals surface area contributed by atoms with E-state index in [0.29, 0.717) is 15.1 Å². The standard InChI is InChI=1S/C19H17ClN2OS/c1-13(2)22-18(23)17(12-14-8-10-15(20)11-9-14)24-19(22)21-16-6-4-3-5-7-16/h3-13H,1-2H3/b17-12+,21-19?. The molecule has 0 unspecified atom stereocenters. The van der Waals surface area contributed by atoms with Crippen molar-refractivity contribution in [3.05, 3.63) is 70.1 Å². The first kappa shape index (κ1) is 16.8. The maximum atomic E-state index is 12.7. The maximum absolute atomic E-state index is 12.7. The summed E-state index contributed by atoms with van der Waals surface area (Å²) < 4.78 is 0. The predicted octanol–water partition coefficient (Wildman–Crippen LogP) is 5.35. The van der Waals surface area contributed by atoms with Crippen LogP contribution in [0.4, 0.5) is 5.69 Å². The average Bonchev–Trinajstić information content (AvgIpc) is 2.86. The highest BCUT2D eigenvalue weighted by atomic mass is 35.5. The summed E-state index contributed by atoms with van der Waals surface area (Å²) in [6.45, 7) is 3.98. The van der Waals surface area contributed by atoms with Crippen LogP contribution < -0.4 is 0 Å². The van der Waals surface area contributed by atoms with E-state index in [0.717, 1.165) is 11.3 Å². The smallest absolute Gasteiger partial charge is 0.266 e. The van der Waals surface area contributed by atoms with Crippen LogP contribution in [0.25, 0.3) is 6.08 Å². The lowest BCUT2D eigenvalue weighted by molar-refractivity contribution is -0.123.